The van der Waals surface area contributed by atoms with E-state index in [0.717, 1.165) is 55.6 Å². The van der Waals surface area contributed by atoms with Crippen LogP contribution < -0.4 is 11.1 Å². The zero-order valence-corrected chi connectivity index (χ0v) is 32.8. The number of nitrogens with zero attached hydrogens (tertiary/aromatic N) is 5. The summed E-state index contributed by atoms with van der Waals surface area (Å²) in [6, 6.07) is 11.1. The van der Waals surface area contributed by atoms with Crippen LogP contribution in [0.15, 0.2) is 45.6 Å². The Balaban J connectivity index is 0.985. The number of hydrogen-bond acceptors (Lipinski definition) is 10. The average Bonchev–Trinajstić information content (AvgIpc) is 3.79. The van der Waals surface area contributed by atoms with Crippen LogP contribution in [0, 0.1) is 6.92 Å². The first-order valence-corrected chi connectivity index (χ1v) is 20.1. The third kappa shape index (κ3) is 9.04. The van der Waals surface area contributed by atoms with E-state index in [2.05, 4.69) is 20.1 Å². The van der Waals surface area contributed by atoms with E-state index in [-0.39, 0.29) is 42.5 Å². The summed E-state index contributed by atoms with van der Waals surface area (Å²) in [4.78, 5) is 78.6. The lowest BCUT2D eigenvalue weighted by Gasteiger charge is -2.40. The molecule has 2 aromatic carbocycles. The van der Waals surface area contributed by atoms with Gasteiger partial charge in [-0.3, -0.25) is 19.5 Å². The maximum atomic E-state index is 14.3. The van der Waals surface area contributed by atoms with Crippen molar-refractivity contribution in [3.05, 3.63) is 63.6 Å². The lowest BCUT2D eigenvalue weighted by Crippen LogP contribution is -2.53. The summed E-state index contributed by atoms with van der Waals surface area (Å²) < 4.78 is 17.1. The van der Waals surface area contributed by atoms with Gasteiger partial charge in [0.2, 0.25) is 0 Å². The number of aromatic amines is 1. The molecule has 0 radical (unpaired) electrons. The molecule has 3 aromatic rings. The zero-order valence-electron chi connectivity index (χ0n) is 32.8. The summed E-state index contributed by atoms with van der Waals surface area (Å²) in [7, 11) is 3.99. The van der Waals surface area contributed by atoms with Gasteiger partial charge in [-0.15, -0.1) is 0 Å². The van der Waals surface area contributed by atoms with Crippen molar-refractivity contribution in [3.8, 4) is 0 Å². The number of carbonyl (C=O) groups excluding carboxylic acids is 4. The van der Waals surface area contributed by atoms with Crippen molar-refractivity contribution in [2.24, 2.45) is 0 Å². The molecule has 7 rings (SSSR count). The summed E-state index contributed by atoms with van der Waals surface area (Å²) in [5.74, 6) is -1.01. The number of hydrogen-bond donors (Lipinski definition) is 2. The number of rotatable bonds is 11. The van der Waals surface area contributed by atoms with Crippen LogP contribution in [0.3, 0.4) is 0 Å². The molecule has 4 aliphatic heterocycles. The third-order valence-electron chi connectivity index (χ3n) is 11.8. The number of amides is 4. The van der Waals surface area contributed by atoms with Crippen LogP contribution in [0.25, 0.3) is 11.1 Å². The van der Waals surface area contributed by atoms with Crippen molar-refractivity contribution < 1.29 is 33.1 Å². The Morgan fingerprint density at radius 2 is 1.66 bits per heavy atom. The standard InChI is InChI=1S/C41H55N7O8/c1-27-24-28(25-34-36(27)43-40(52)55-34)26-35(37(49)45-18-12-30(13-19-45)47-17-6-10-33(47)38(50)54-23-7-16-44(2)3)56-41(53)46-20-14-31(15-21-46)48-22-11-29-8-4-5-9-32(29)42-39(48)51/h4-5,8-9,24-25,30-31,33,35H,6-7,10-23,26H2,1-3H3,(H,42,51)(H,43,52)/t33-,35+/m0/s1. The molecule has 2 N–H and O–H groups in total. The van der Waals surface area contributed by atoms with Crippen molar-refractivity contribution in [2.75, 3.05) is 71.8 Å². The van der Waals surface area contributed by atoms with Gasteiger partial charge >= 0.3 is 23.8 Å². The van der Waals surface area contributed by atoms with Gasteiger partial charge in [0.1, 0.15) is 6.04 Å². The van der Waals surface area contributed by atoms with E-state index in [4.69, 9.17) is 13.9 Å². The topological polar surface area (TPSA) is 161 Å². The Bertz CT molecular complexity index is 1940. The fourth-order valence-corrected chi connectivity index (χ4v) is 8.85. The van der Waals surface area contributed by atoms with Gasteiger partial charge in [0.05, 0.1) is 12.1 Å². The lowest BCUT2D eigenvalue weighted by atomic mass is 9.99. The van der Waals surface area contributed by atoms with E-state index >= 15 is 0 Å². The highest BCUT2D eigenvalue weighted by molar-refractivity contribution is 5.91. The predicted molar refractivity (Wildman–Crippen MR) is 209 cm³/mol. The number of aromatic nitrogens is 1. The zero-order chi connectivity index (χ0) is 39.3. The largest absolute Gasteiger partial charge is 0.464 e. The maximum Gasteiger partial charge on any atom is 0.417 e. The van der Waals surface area contributed by atoms with Crippen molar-refractivity contribution in [1.29, 1.82) is 0 Å². The molecular weight excluding hydrogens is 718 g/mol. The normalized spacial score (nSPS) is 20.5. The molecule has 15 nitrogen and oxygen atoms in total. The van der Waals surface area contributed by atoms with Crippen molar-refractivity contribution in [1.82, 2.24) is 29.5 Å². The molecule has 0 unspecified atom stereocenters. The van der Waals surface area contributed by atoms with Crippen LogP contribution in [0.1, 0.15) is 61.6 Å². The first kappa shape index (κ1) is 39.3. The van der Waals surface area contributed by atoms with Crippen LogP contribution >= 0.6 is 0 Å². The summed E-state index contributed by atoms with van der Waals surface area (Å²) in [6.07, 6.45) is 4.23. The quantitative estimate of drug-likeness (QED) is 0.216. The van der Waals surface area contributed by atoms with Crippen LogP contribution in [-0.4, -0.2) is 144 Å². The number of fused-ring (bicyclic) bond motifs is 2. The highest BCUT2D eigenvalue weighted by atomic mass is 16.6. The van der Waals surface area contributed by atoms with Gasteiger partial charge in [0.15, 0.2) is 11.7 Å². The Kier molecular flexibility index (Phi) is 12.3. The third-order valence-corrected chi connectivity index (χ3v) is 11.8. The summed E-state index contributed by atoms with van der Waals surface area (Å²) in [5, 5.41) is 3.04. The molecule has 1 aromatic heterocycles. The molecule has 56 heavy (non-hydrogen) atoms. The molecule has 302 valence electrons. The molecule has 0 saturated carbocycles. The van der Waals surface area contributed by atoms with E-state index < -0.39 is 18.0 Å². The average molecular weight is 774 g/mol. The predicted octanol–water partition coefficient (Wildman–Crippen LogP) is 3.98. The van der Waals surface area contributed by atoms with Crippen LogP contribution in [0.2, 0.25) is 0 Å². The fourth-order valence-electron chi connectivity index (χ4n) is 8.85. The van der Waals surface area contributed by atoms with E-state index in [9.17, 15) is 24.0 Å². The van der Waals surface area contributed by atoms with Gasteiger partial charge in [-0.2, -0.15) is 0 Å². The van der Waals surface area contributed by atoms with E-state index in [1.165, 1.54) is 0 Å². The molecule has 0 spiro atoms. The first-order chi connectivity index (χ1) is 27.0. The minimum Gasteiger partial charge on any atom is -0.464 e. The number of H-pyrrole nitrogens is 1. The van der Waals surface area contributed by atoms with Gasteiger partial charge in [0, 0.05) is 63.5 Å². The molecule has 2 atom stereocenters. The second-order valence-corrected chi connectivity index (χ2v) is 15.9. The molecule has 15 heteroatoms. The number of esters is 1. The van der Waals surface area contributed by atoms with Crippen LogP contribution in [0.5, 0.6) is 0 Å². The van der Waals surface area contributed by atoms with Crippen LogP contribution in [-0.2, 0) is 31.9 Å². The molecular formula is C41H55N7O8. The van der Waals surface area contributed by atoms with Gasteiger partial charge < -0.3 is 38.8 Å². The van der Waals surface area contributed by atoms with Crippen molar-refractivity contribution >= 4 is 40.8 Å². The minimum atomic E-state index is -1.11. The maximum absolute atomic E-state index is 14.3. The molecule has 3 saturated heterocycles. The van der Waals surface area contributed by atoms with E-state index in [0.29, 0.717) is 81.7 Å². The number of para-hydroxylation sites is 1. The molecule has 4 amide bonds. The van der Waals surface area contributed by atoms with Crippen LogP contribution in [0.4, 0.5) is 15.3 Å². The van der Waals surface area contributed by atoms with Crippen molar-refractivity contribution in [3.63, 3.8) is 0 Å². The Hall–Kier alpha value is -4.89. The van der Waals surface area contributed by atoms with Gasteiger partial charge in [-0.25, -0.2) is 14.4 Å². The summed E-state index contributed by atoms with van der Waals surface area (Å²) in [5.41, 5.74) is 4.38. The molecule has 4 aliphatic rings. The minimum absolute atomic E-state index is 0.0297. The number of ether oxygens (including phenoxy) is 2. The van der Waals surface area contributed by atoms with Gasteiger partial charge in [-0.1, -0.05) is 24.3 Å². The van der Waals surface area contributed by atoms with Gasteiger partial charge in [0.25, 0.3) is 5.91 Å². The summed E-state index contributed by atoms with van der Waals surface area (Å²) >= 11 is 0. The Labute approximate surface area is 327 Å². The number of benzene rings is 2. The highest BCUT2D eigenvalue weighted by Gasteiger charge is 2.40. The van der Waals surface area contributed by atoms with E-state index in [1.54, 1.807) is 15.9 Å². The molecule has 3 fully saturated rings. The molecule has 5 heterocycles. The highest BCUT2D eigenvalue weighted by Crippen LogP contribution is 2.29. The number of aryl methyl sites for hydroxylation is 1. The monoisotopic (exact) mass is 773 g/mol. The smallest absolute Gasteiger partial charge is 0.417 e. The molecule has 0 bridgehead atoms. The van der Waals surface area contributed by atoms with Gasteiger partial charge in [-0.05, 0) is 108 Å². The Morgan fingerprint density at radius 3 is 2.43 bits per heavy atom. The number of nitrogens with one attached hydrogen (secondary N) is 2. The number of likely N-dealkylation sites (tertiary alicyclic amines) is 3. The first-order valence-electron chi connectivity index (χ1n) is 20.1. The second-order valence-electron chi connectivity index (χ2n) is 15.9. The lowest BCUT2D eigenvalue weighted by molar-refractivity contribution is -0.151. The number of anilines is 1. The van der Waals surface area contributed by atoms with Crippen molar-refractivity contribution in [2.45, 2.75) is 88.9 Å². The SMILES string of the molecule is Cc1cc(C[C@@H](OC(=O)N2CCC(N3CCc4ccccc4NC3=O)CC2)C(=O)N2CCC(N3CCC[C@H]3C(=O)OCCCN(C)C)CC2)cc2oc(=O)[nH]c12. The number of urea groups is 1. The summed E-state index contributed by atoms with van der Waals surface area (Å²) in [6.45, 7) is 6.24. The number of piperidine rings is 2. The molecule has 0 aliphatic carbocycles. The number of oxazole rings is 1. The fraction of sp³-hybridized carbons (Fsp3) is 0.585. The second kappa shape index (κ2) is 17.5. The Morgan fingerprint density at radius 1 is 0.929 bits per heavy atom. The number of carbonyl (C=O) groups is 4. The van der Waals surface area contributed by atoms with E-state index in [1.807, 2.05) is 56.3 Å².